The normalized spacial score (nSPS) is 26.0. The molecule has 1 aromatic rings. The maximum absolute atomic E-state index is 15.3. The van der Waals surface area contributed by atoms with E-state index in [9.17, 15) is 39.6 Å². The number of halogens is 1. The Bertz CT molecular complexity index is 1370. The van der Waals surface area contributed by atoms with Crippen molar-refractivity contribution in [3.05, 3.63) is 39.9 Å². The molecule has 40 heavy (non-hydrogen) atoms. The molecule has 216 valence electrons. The van der Waals surface area contributed by atoms with Crippen molar-refractivity contribution in [2.45, 2.75) is 24.5 Å². The lowest BCUT2D eigenvalue weighted by Gasteiger charge is -2.50. The lowest BCUT2D eigenvalue weighted by atomic mass is 9.57. The number of carbonyl (C=O) groups excluding carboxylic acids is 4. The van der Waals surface area contributed by atoms with E-state index in [0.717, 1.165) is 6.07 Å². The summed E-state index contributed by atoms with van der Waals surface area (Å²) in [6.45, 7) is 0.502. The molecule has 1 fully saturated rings. The Morgan fingerprint density at radius 3 is 2.52 bits per heavy atom. The van der Waals surface area contributed by atoms with Gasteiger partial charge in [-0.15, -0.1) is 0 Å². The quantitative estimate of drug-likeness (QED) is 0.119. The number of amides is 2. The number of likely N-dealkylation sites (N-methyl/N-ethyl adjacent to an activating group) is 1. The van der Waals surface area contributed by atoms with Gasteiger partial charge < -0.3 is 41.5 Å². The molecule has 0 saturated heterocycles. The fourth-order valence-electron chi connectivity index (χ4n) is 5.93. The number of ketones is 2. The van der Waals surface area contributed by atoms with E-state index in [1.165, 1.54) is 26.1 Å². The van der Waals surface area contributed by atoms with Crippen LogP contribution in [0.4, 0.5) is 10.1 Å². The zero-order valence-electron chi connectivity index (χ0n) is 22.1. The smallest absolute Gasteiger partial charge is 0.255 e. The molecule has 1 aromatic carbocycles. The van der Waals surface area contributed by atoms with Gasteiger partial charge in [-0.1, -0.05) is 0 Å². The number of aliphatic hydroxyl groups is 3. The number of rotatable bonds is 8. The van der Waals surface area contributed by atoms with Crippen LogP contribution in [0, 0.1) is 17.7 Å². The number of nitrogens with two attached hydrogens (primary N) is 1. The van der Waals surface area contributed by atoms with Crippen molar-refractivity contribution in [3.63, 3.8) is 0 Å². The fourth-order valence-corrected chi connectivity index (χ4v) is 5.93. The first-order chi connectivity index (χ1) is 18.8. The third-order valence-electron chi connectivity index (χ3n) is 7.71. The van der Waals surface area contributed by atoms with Gasteiger partial charge in [-0.05, 0) is 32.9 Å². The van der Waals surface area contributed by atoms with Crippen molar-refractivity contribution in [3.8, 4) is 5.75 Å². The van der Waals surface area contributed by atoms with Crippen LogP contribution in [0.1, 0.15) is 17.5 Å². The lowest BCUT2D eigenvalue weighted by Crippen LogP contribution is -2.65. The van der Waals surface area contributed by atoms with Gasteiger partial charge in [0.15, 0.2) is 17.1 Å². The zero-order chi connectivity index (χ0) is 29.7. The maximum atomic E-state index is 15.3. The van der Waals surface area contributed by atoms with Gasteiger partial charge in [0.1, 0.15) is 22.9 Å². The number of nitrogens with one attached hydrogen (secondary N) is 2. The Hall–Kier alpha value is -3.85. The highest BCUT2D eigenvalue weighted by Gasteiger charge is 2.64. The topological polar surface area (TPSA) is 212 Å². The van der Waals surface area contributed by atoms with Gasteiger partial charge in [-0.3, -0.25) is 24.1 Å². The molecule has 0 radical (unpaired) electrons. The van der Waals surface area contributed by atoms with Gasteiger partial charge in [0.25, 0.3) is 5.91 Å². The van der Waals surface area contributed by atoms with Gasteiger partial charge in [-0.25, -0.2) is 4.39 Å². The molecule has 1 saturated carbocycles. The van der Waals surface area contributed by atoms with E-state index >= 15 is 4.39 Å². The van der Waals surface area contributed by atoms with Gasteiger partial charge in [-0.2, -0.15) is 0 Å². The van der Waals surface area contributed by atoms with Crippen molar-refractivity contribution < 1.29 is 48.7 Å². The third-order valence-corrected chi connectivity index (χ3v) is 7.71. The summed E-state index contributed by atoms with van der Waals surface area (Å²) in [5.41, 5.74) is 0.170. The number of ether oxygens (including phenoxy) is 1. The van der Waals surface area contributed by atoms with Crippen molar-refractivity contribution in [1.29, 1.82) is 0 Å². The molecule has 0 spiro atoms. The predicted molar refractivity (Wildman–Crippen MR) is 138 cm³/mol. The van der Waals surface area contributed by atoms with E-state index in [2.05, 4.69) is 10.6 Å². The third kappa shape index (κ3) is 4.42. The lowest BCUT2D eigenvalue weighted by molar-refractivity contribution is -0.153. The molecule has 4 atom stereocenters. The maximum Gasteiger partial charge on any atom is 0.255 e. The monoisotopic (exact) mass is 562 g/mol. The van der Waals surface area contributed by atoms with E-state index in [-0.39, 0.29) is 30.6 Å². The molecule has 0 aliphatic heterocycles. The molecule has 4 rings (SSSR count). The Kier molecular flexibility index (Phi) is 7.73. The SMILES string of the molecule is COCCNCC(=O)Nc1cc(F)c2c(c1O)C(O)=C1C(=O)[C@]3(O)C(O)=C(C(N)=O)C(=O)[C@@H](N(C)C)[C@@H]3C[C@@H]1C2. The molecule has 8 N–H and O–H groups in total. The number of primary amides is 1. The van der Waals surface area contributed by atoms with Crippen LogP contribution in [0.15, 0.2) is 23.0 Å². The number of Topliss-reactive ketones (excluding diaryl/α,β-unsaturated/α-hetero) is 2. The summed E-state index contributed by atoms with van der Waals surface area (Å²) in [6, 6.07) is -0.355. The molecule has 0 heterocycles. The second-order valence-corrected chi connectivity index (χ2v) is 10.3. The number of nitrogens with zero attached hydrogens (tertiary/aromatic N) is 1. The minimum Gasteiger partial charge on any atom is -0.508 e. The molecular weight excluding hydrogens is 531 g/mol. The Morgan fingerprint density at radius 2 is 1.93 bits per heavy atom. The van der Waals surface area contributed by atoms with Crippen LogP contribution in [-0.2, 0) is 30.3 Å². The van der Waals surface area contributed by atoms with Gasteiger partial charge >= 0.3 is 0 Å². The zero-order valence-corrected chi connectivity index (χ0v) is 22.1. The van der Waals surface area contributed by atoms with E-state index in [0.29, 0.717) is 13.2 Å². The van der Waals surface area contributed by atoms with Crippen LogP contribution < -0.4 is 16.4 Å². The molecule has 0 bridgehead atoms. The van der Waals surface area contributed by atoms with Crippen LogP contribution in [0.25, 0.3) is 5.76 Å². The summed E-state index contributed by atoms with van der Waals surface area (Å²) in [7, 11) is 4.45. The number of fused-ring (bicyclic) bond motifs is 3. The summed E-state index contributed by atoms with van der Waals surface area (Å²) in [5.74, 6) is -9.94. The first kappa shape index (κ1) is 29.1. The molecule has 0 unspecified atom stereocenters. The average Bonchev–Trinajstić information content (AvgIpc) is 2.86. The van der Waals surface area contributed by atoms with E-state index < -0.39 is 86.7 Å². The first-order valence-electron chi connectivity index (χ1n) is 12.5. The number of anilines is 1. The summed E-state index contributed by atoms with van der Waals surface area (Å²) < 4.78 is 20.2. The van der Waals surface area contributed by atoms with Crippen LogP contribution in [-0.4, -0.2) is 101 Å². The van der Waals surface area contributed by atoms with E-state index in [1.807, 2.05) is 0 Å². The number of phenols is 1. The van der Waals surface area contributed by atoms with Crippen LogP contribution >= 0.6 is 0 Å². The van der Waals surface area contributed by atoms with Crippen molar-refractivity contribution >= 4 is 34.8 Å². The number of hydrogen-bond donors (Lipinski definition) is 7. The van der Waals surface area contributed by atoms with Crippen LogP contribution in [0.5, 0.6) is 5.75 Å². The summed E-state index contributed by atoms with van der Waals surface area (Å²) in [6.07, 6.45) is -0.377. The van der Waals surface area contributed by atoms with Gasteiger partial charge in [0.2, 0.25) is 11.7 Å². The molecule has 3 aliphatic rings. The number of methoxy groups -OCH3 is 1. The van der Waals surface area contributed by atoms with Crippen molar-refractivity contribution in [1.82, 2.24) is 10.2 Å². The molecular formula is C26H31FN4O9. The molecule has 0 aromatic heterocycles. The highest BCUT2D eigenvalue weighted by Crippen LogP contribution is 2.53. The Labute approximate surface area is 228 Å². The summed E-state index contributed by atoms with van der Waals surface area (Å²) in [4.78, 5) is 52.6. The minimum absolute atomic E-state index is 0.140. The van der Waals surface area contributed by atoms with E-state index in [4.69, 9.17) is 10.5 Å². The first-order valence-corrected chi connectivity index (χ1v) is 12.5. The van der Waals surface area contributed by atoms with Gasteiger partial charge in [0.05, 0.1) is 30.4 Å². The average molecular weight is 563 g/mol. The Balaban J connectivity index is 1.80. The molecule has 3 aliphatic carbocycles. The largest absolute Gasteiger partial charge is 0.508 e. The predicted octanol–water partition coefficient (Wildman–Crippen LogP) is -0.722. The van der Waals surface area contributed by atoms with Crippen LogP contribution in [0.3, 0.4) is 0 Å². The minimum atomic E-state index is -2.81. The fraction of sp³-hybridized carbons (Fsp3) is 0.462. The number of phenolic OH excluding ortho intramolecular Hbond substituents is 1. The number of aliphatic hydroxyl groups excluding tert-OH is 2. The standard InChI is InChI=1S/C26H31FN4O9/c1-31(2)19-12-7-10-6-11-13(27)8-14(30-15(32)9-29-4-5-40-3)20(33)17(11)21(34)16(10)23(36)26(12,39)24(37)18(22(19)35)25(28)38/h8,10,12,19,29,33-34,37,39H,4-7,9H2,1-3H3,(H2,28,38)(H,30,32)/t10-,12-,19-,26-/m0/s1. The number of carbonyl (C=O) groups is 4. The second kappa shape index (κ2) is 10.6. The Morgan fingerprint density at radius 1 is 1.25 bits per heavy atom. The highest BCUT2D eigenvalue weighted by atomic mass is 19.1. The van der Waals surface area contributed by atoms with Crippen LogP contribution in [0.2, 0.25) is 0 Å². The van der Waals surface area contributed by atoms with Crippen molar-refractivity contribution in [2.75, 3.05) is 46.2 Å². The summed E-state index contributed by atoms with van der Waals surface area (Å²) in [5, 5.41) is 49.7. The van der Waals surface area contributed by atoms with Gasteiger partial charge in [0, 0.05) is 36.8 Å². The van der Waals surface area contributed by atoms with E-state index in [1.54, 1.807) is 0 Å². The molecule has 2 amide bonds. The number of benzene rings is 1. The number of hydrogen-bond acceptors (Lipinski definition) is 11. The second-order valence-electron chi connectivity index (χ2n) is 10.3. The molecule has 13 nitrogen and oxygen atoms in total. The number of aromatic hydroxyl groups is 1. The molecule has 14 heteroatoms. The highest BCUT2D eigenvalue weighted by molar-refractivity contribution is 6.24. The van der Waals surface area contributed by atoms with Crippen molar-refractivity contribution in [2.24, 2.45) is 17.6 Å². The summed E-state index contributed by atoms with van der Waals surface area (Å²) >= 11 is 0.